The molecule has 3 heteroatoms. The average Bonchev–Trinajstić information content (AvgIpc) is 2.08. The number of hydrogen-bond donors (Lipinski definition) is 2. The molecule has 68 valence electrons. The van der Waals surface area contributed by atoms with Gasteiger partial charge in [0.1, 0.15) is 5.75 Å². The molecule has 0 saturated heterocycles. The molecule has 1 rings (SSSR count). The van der Waals surface area contributed by atoms with Gasteiger partial charge in [-0.1, -0.05) is 18.2 Å². The summed E-state index contributed by atoms with van der Waals surface area (Å²) in [6, 6.07) is 4.26. The molecule has 0 atom stereocenters. The van der Waals surface area contributed by atoms with Crippen LogP contribution in [0.25, 0.3) is 6.08 Å². The molecular formula is C10H10O3. The first kappa shape index (κ1) is 9.32. The van der Waals surface area contributed by atoms with Crippen LogP contribution in [0.1, 0.15) is 22.8 Å². The highest BCUT2D eigenvalue weighted by molar-refractivity contribution is 5.88. The van der Waals surface area contributed by atoms with E-state index in [2.05, 4.69) is 0 Å². The number of hydrogen-bond acceptors (Lipinski definition) is 2. The second-order valence-electron chi connectivity index (χ2n) is 2.58. The van der Waals surface area contributed by atoms with E-state index in [0.29, 0.717) is 5.56 Å². The lowest BCUT2D eigenvalue weighted by atomic mass is 10.1. The van der Waals surface area contributed by atoms with Crippen LogP contribution in [-0.2, 0) is 0 Å². The van der Waals surface area contributed by atoms with Crippen molar-refractivity contribution in [1.82, 2.24) is 0 Å². The fourth-order valence-electron chi connectivity index (χ4n) is 0.997. The van der Waals surface area contributed by atoms with Gasteiger partial charge >= 0.3 is 5.97 Å². The average molecular weight is 178 g/mol. The van der Waals surface area contributed by atoms with Crippen LogP contribution in [0.4, 0.5) is 0 Å². The van der Waals surface area contributed by atoms with Crippen molar-refractivity contribution in [3.8, 4) is 5.75 Å². The van der Waals surface area contributed by atoms with Crippen molar-refractivity contribution in [2.45, 2.75) is 6.92 Å². The summed E-state index contributed by atoms with van der Waals surface area (Å²) in [5.74, 6) is -1.06. The Bertz CT molecular complexity index is 353. The van der Waals surface area contributed by atoms with Crippen molar-refractivity contribution in [3.63, 3.8) is 0 Å². The quantitative estimate of drug-likeness (QED) is 0.729. The molecule has 0 heterocycles. The molecule has 0 unspecified atom stereocenters. The van der Waals surface area contributed by atoms with Crippen LogP contribution in [0.15, 0.2) is 24.3 Å². The van der Waals surface area contributed by atoms with E-state index in [1.807, 2.05) is 6.92 Å². The van der Waals surface area contributed by atoms with Crippen molar-refractivity contribution in [2.75, 3.05) is 0 Å². The van der Waals surface area contributed by atoms with Gasteiger partial charge in [-0.05, 0) is 19.1 Å². The lowest BCUT2D eigenvalue weighted by Gasteiger charge is -1.99. The van der Waals surface area contributed by atoms with Crippen LogP contribution in [0.3, 0.4) is 0 Å². The zero-order valence-corrected chi connectivity index (χ0v) is 7.19. The van der Waals surface area contributed by atoms with Crippen molar-refractivity contribution >= 4 is 12.0 Å². The molecule has 0 aliphatic heterocycles. The maximum Gasteiger partial charge on any atom is 0.335 e. The molecule has 0 amide bonds. The van der Waals surface area contributed by atoms with E-state index < -0.39 is 5.97 Å². The van der Waals surface area contributed by atoms with Gasteiger partial charge in [-0.15, -0.1) is 0 Å². The monoisotopic (exact) mass is 178 g/mol. The minimum Gasteiger partial charge on any atom is -0.507 e. The van der Waals surface area contributed by atoms with Gasteiger partial charge < -0.3 is 10.2 Å². The van der Waals surface area contributed by atoms with Crippen LogP contribution < -0.4 is 0 Å². The number of phenols is 1. The maximum atomic E-state index is 10.5. The number of benzene rings is 1. The van der Waals surface area contributed by atoms with Gasteiger partial charge in [0.2, 0.25) is 0 Å². The van der Waals surface area contributed by atoms with Crippen LogP contribution in [0.2, 0.25) is 0 Å². The summed E-state index contributed by atoms with van der Waals surface area (Å²) in [5.41, 5.74) is 0.707. The van der Waals surface area contributed by atoms with E-state index in [9.17, 15) is 9.90 Å². The molecule has 0 spiro atoms. The highest BCUT2D eigenvalue weighted by Gasteiger charge is 2.04. The minimum absolute atomic E-state index is 0.0157. The summed E-state index contributed by atoms with van der Waals surface area (Å²) < 4.78 is 0. The maximum absolute atomic E-state index is 10.5. The van der Waals surface area contributed by atoms with Crippen molar-refractivity contribution in [3.05, 3.63) is 35.4 Å². The predicted molar refractivity (Wildman–Crippen MR) is 49.8 cm³/mol. The summed E-state index contributed by atoms with van der Waals surface area (Å²) in [4.78, 5) is 10.5. The first-order chi connectivity index (χ1) is 6.15. The van der Waals surface area contributed by atoms with Gasteiger partial charge in [-0.3, -0.25) is 0 Å². The van der Waals surface area contributed by atoms with Crippen molar-refractivity contribution < 1.29 is 15.0 Å². The number of carboxylic acid groups (broad SMARTS) is 1. The molecule has 2 N–H and O–H groups in total. The van der Waals surface area contributed by atoms with Gasteiger partial charge in [0.15, 0.2) is 0 Å². The Morgan fingerprint density at radius 2 is 2.15 bits per heavy atom. The van der Waals surface area contributed by atoms with Gasteiger partial charge in [-0.25, -0.2) is 4.79 Å². The molecule has 0 saturated carbocycles. The molecule has 0 bridgehead atoms. The van der Waals surface area contributed by atoms with Crippen LogP contribution in [-0.4, -0.2) is 16.2 Å². The number of aromatic hydroxyl groups is 1. The zero-order valence-electron chi connectivity index (χ0n) is 7.19. The highest BCUT2D eigenvalue weighted by atomic mass is 16.4. The summed E-state index contributed by atoms with van der Waals surface area (Å²) in [6.07, 6.45) is 3.48. The largest absolute Gasteiger partial charge is 0.507 e. The topological polar surface area (TPSA) is 57.5 Å². The lowest BCUT2D eigenvalue weighted by molar-refractivity contribution is 0.0696. The Labute approximate surface area is 76.0 Å². The Balaban J connectivity index is 3.12. The van der Waals surface area contributed by atoms with E-state index in [1.54, 1.807) is 18.2 Å². The second kappa shape index (κ2) is 3.76. The van der Waals surface area contributed by atoms with E-state index in [1.165, 1.54) is 12.1 Å². The van der Waals surface area contributed by atoms with Gasteiger partial charge in [0, 0.05) is 5.56 Å². The Morgan fingerprint density at radius 3 is 2.62 bits per heavy atom. The second-order valence-corrected chi connectivity index (χ2v) is 2.58. The standard InChI is InChI=1S/C10H10O3/c1-2-3-7-4-5-8(10(12)13)6-9(7)11/h2-6,11H,1H3,(H,12,13). The van der Waals surface area contributed by atoms with Crippen LogP contribution in [0, 0.1) is 0 Å². The summed E-state index contributed by atoms with van der Waals surface area (Å²) in [7, 11) is 0. The smallest absolute Gasteiger partial charge is 0.335 e. The molecule has 3 nitrogen and oxygen atoms in total. The van der Waals surface area contributed by atoms with Gasteiger partial charge in [0.05, 0.1) is 5.56 Å². The molecule has 0 fully saturated rings. The third-order valence-corrected chi connectivity index (χ3v) is 1.62. The molecular weight excluding hydrogens is 168 g/mol. The van der Waals surface area contributed by atoms with E-state index in [-0.39, 0.29) is 11.3 Å². The SMILES string of the molecule is CC=Cc1ccc(C(=O)O)cc1O. The Hall–Kier alpha value is -1.77. The minimum atomic E-state index is -1.04. The van der Waals surface area contributed by atoms with Crippen molar-refractivity contribution in [2.24, 2.45) is 0 Å². The predicted octanol–water partition coefficient (Wildman–Crippen LogP) is 2.12. The summed E-state index contributed by atoms with van der Waals surface area (Å²) in [6.45, 7) is 1.82. The number of carbonyl (C=O) groups is 1. The summed E-state index contributed by atoms with van der Waals surface area (Å²) >= 11 is 0. The summed E-state index contributed by atoms with van der Waals surface area (Å²) in [5, 5.41) is 18.0. The first-order valence-corrected chi connectivity index (χ1v) is 3.84. The number of allylic oxidation sites excluding steroid dienone is 1. The number of rotatable bonds is 2. The number of carboxylic acids is 1. The molecule has 0 aliphatic carbocycles. The fourth-order valence-corrected chi connectivity index (χ4v) is 0.997. The molecule has 1 aromatic carbocycles. The van der Waals surface area contributed by atoms with E-state index in [0.717, 1.165) is 0 Å². The number of phenolic OH excluding ortho intramolecular Hbond substituents is 1. The molecule has 0 aliphatic rings. The third kappa shape index (κ3) is 2.08. The van der Waals surface area contributed by atoms with Gasteiger partial charge in [0.25, 0.3) is 0 Å². The normalized spacial score (nSPS) is 10.5. The lowest BCUT2D eigenvalue weighted by Crippen LogP contribution is -1.95. The molecule has 13 heavy (non-hydrogen) atoms. The van der Waals surface area contributed by atoms with Crippen LogP contribution in [0.5, 0.6) is 5.75 Å². The first-order valence-electron chi connectivity index (χ1n) is 3.84. The molecule has 0 radical (unpaired) electrons. The number of aromatic carboxylic acids is 1. The van der Waals surface area contributed by atoms with Gasteiger partial charge in [-0.2, -0.15) is 0 Å². The van der Waals surface area contributed by atoms with E-state index >= 15 is 0 Å². The Kier molecular flexibility index (Phi) is 2.69. The molecule has 1 aromatic rings. The van der Waals surface area contributed by atoms with E-state index in [4.69, 9.17) is 5.11 Å². The zero-order chi connectivity index (χ0) is 9.84. The fraction of sp³-hybridized carbons (Fsp3) is 0.100. The highest BCUT2D eigenvalue weighted by Crippen LogP contribution is 2.19. The Morgan fingerprint density at radius 1 is 1.46 bits per heavy atom. The third-order valence-electron chi connectivity index (χ3n) is 1.62. The molecule has 0 aromatic heterocycles. The van der Waals surface area contributed by atoms with Crippen molar-refractivity contribution in [1.29, 1.82) is 0 Å². The van der Waals surface area contributed by atoms with Crippen LogP contribution >= 0.6 is 0 Å².